The first-order valence-corrected chi connectivity index (χ1v) is 13.3. The van der Waals surface area contributed by atoms with Crippen molar-refractivity contribution < 1.29 is 39.0 Å². The second-order valence-electron chi connectivity index (χ2n) is 7.40. The van der Waals surface area contributed by atoms with Crippen LogP contribution in [0.2, 0.25) is 0 Å². The number of thiazole rings is 1. The number of oxime groups is 1. The summed E-state index contributed by atoms with van der Waals surface area (Å²) in [5.74, 6) is -3.68. The number of carboxylic acid groups (broad SMARTS) is 2. The lowest BCUT2D eigenvalue weighted by molar-refractivity contribution is -0.150. The molecule has 2 aromatic heterocycles. The van der Waals surface area contributed by atoms with Crippen molar-refractivity contribution in [3.05, 3.63) is 22.3 Å². The molecule has 0 aromatic carbocycles. The first-order chi connectivity index (χ1) is 18.2. The van der Waals surface area contributed by atoms with Crippen molar-refractivity contribution in [1.82, 2.24) is 35.4 Å². The number of rotatable bonds is 12. The number of carboxylic acids is 2. The molecule has 1 unspecified atom stereocenters. The lowest BCUT2D eigenvalue weighted by Gasteiger charge is -2.49. The number of thioether (sulfide) groups is 2. The molecule has 4 rings (SSSR count). The molecule has 1 fully saturated rings. The monoisotopic (exact) mass is 583 g/mol. The number of hydrogen-bond acceptors (Lipinski definition) is 14. The molecule has 0 aliphatic carbocycles. The topological polar surface area (TPSA) is 231 Å². The number of fused-ring (bicyclic) bond motifs is 1. The lowest BCUT2D eigenvalue weighted by Crippen LogP contribution is -2.71. The van der Waals surface area contributed by atoms with Crippen molar-refractivity contribution in [3.63, 3.8) is 0 Å². The van der Waals surface area contributed by atoms with Crippen LogP contribution in [-0.4, -0.2) is 106 Å². The minimum atomic E-state index is -1.34. The summed E-state index contributed by atoms with van der Waals surface area (Å²) < 4.78 is 1.43. The van der Waals surface area contributed by atoms with E-state index in [4.69, 9.17) is 9.94 Å². The van der Waals surface area contributed by atoms with Crippen LogP contribution in [-0.2, 0) is 35.9 Å². The van der Waals surface area contributed by atoms with Crippen molar-refractivity contribution in [2.75, 3.05) is 23.4 Å². The van der Waals surface area contributed by atoms with E-state index in [0.29, 0.717) is 17.1 Å². The number of β-lactam (4-membered cyclic amide) rings is 1. The maximum Gasteiger partial charge on any atom is 0.352 e. The average Bonchev–Trinajstić information content (AvgIpc) is 3.51. The fourth-order valence-electron chi connectivity index (χ4n) is 3.35. The van der Waals surface area contributed by atoms with Crippen LogP contribution in [0.3, 0.4) is 0 Å². The summed E-state index contributed by atoms with van der Waals surface area (Å²) in [5.41, 5.74) is -0.149. The van der Waals surface area contributed by atoms with Crippen molar-refractivity contribution in [2.45, 2.75) is 16.6 Å². The van der Waals surface area contributed by atoms with Crippen molar-refractivity contribution in [3.8, 4) is 0 Å². The van der Waals surface area contributed by atoms with E-state index in [-0.39, 0.29) is 28.0 Å². The lowest BCUT2D eigenvalue weighted by atomic mass is 10.0. The highest BCUT2D eigenvalue weighted by Gasteiger charge is 2.54. The van der Waals surface area contributed by atoms with E-state index in [9.17, 15) is 29.1 Å². The number of aromatic nitrogens is 5. The Hall–Kier alpha value is -4.04. The summed E-state index contributed by atoms with van der Waals surface area (Å²) in [6.45, 7) is -0.840. The number of tetrazole rings is 1. The second-order valence-corrected chi connectivity index (χ2v) is 10.3. The van der Waals surface area contributed by atoms with Gasteiger partial charge in [0.1, 0.15) is 22.8 Å². The van der Waals surface area contributed by atoms with Crippen LogP contribution in [0.5, 0.6) is 0 Å². The molecule has 3 amide bonds. The number of aryl methyl sites for hydroxylation is 1. The van der Waals surface area contributed by atoms with Gasteiger partial charge in [0, 0.05) is 23.9 Å². The minimum absolute atomic E-state index is 0.0362. The maximum absolute atomic E-state index is 13.0. The summed E-state index contributed by atoms with van der Waals surface area (Å²) in [5, 5.41) is 39.4. The molecule has 17 nitrogen and oxygen atoms in total. The Morgan fingerprint density at radius 1 is 1.37 bits per heavy atom. The third-order valence-electron chi connectivity index (χ3n) is 4.98. The summed E-state index contributed by atoms with van der Waals surface area (Å²) in [4.78, 5) is 69.3. The van der Waals surface area contributed by atoms with Crippen LogP contribution < -0.4 is 10.6 Å². The summed E-state index contributed by atoms with van der Waals surface area (Å²) >= 11 is 3.45. The fraction of sp³-hybridized carbons (Fsp3) is 0.333. The maximum atomic E-state index is 13.0. The molecule has 20 heteroatoms. The third-order valence-corrected chi connectivity index (χ3v) is 8.19. The number of nitrogens with one attached hydrogen (secondary N) is 2. The third kappa shape index (κ3) is 5.60. The van der Waals surface area contributed by atoms with Gasteiger partial charge < -0.3 is 25.7 Å². The van der Waals surface area contributed by atoms with E-state index in [0.717, 1.165) is 16.2 Å². The fourth-order valence-corrected chi connectivity index (χ4v) is 6.34. The highest BCUT2D eigenvalue weighted by atomic mass is 32.2. The molecule has 2 aliphatic rings. The predicted octanol–water partition coefficient (Wildman–Crippen LogP) is -1.43. The number of amides is 3. The molecular formula is C18H17N9O8S3. The molecule has 0 spiro atoms. The Bertz CT molecular complexity index is 1360. The number of carbonyl (C=O) groups excluding carboxylic acids is 3. The van der Waals surface area contributed by atoms with E-state index in [1.807, 2.05) is 0 Å². The van der Waals surface area contributed by atoms with Gasteiger partial charge >= 0.3 is 11.9 Å². The van der Waals surface area contributed by atoms with Gasteiger partial charge in [0.15, 0.2) is 10.8 Å². The molecule has 0 saturated carbocycles. The Kier molecular flexibility index (Phi) is 8.22. The molecule has 200 valence electrons. The summed E-state index contributed by atoms with van der Waals surface area (Å²) in [6.07, 6.45) is 0.382. The van der Waals surface area contributed by atoms with Gasteiger partial charge in [-0.2, -0.15) is 0 Å². The Balaban J connectivity index is 1.50. The van der Waals surface area contributed by atoms with Gasteiger partial charge in [-0.25, -0.2) is 19.3 Å². The standard InChI is InChI=1S/C18H17N9O8S3/c1-26-18(22-24-25-26)38-4-7-3-36-15-11(14(32)27(15)12(7)16(33)34)21-13(31)10(23-35-2-9(29)30)8-5-37-17(20-8)19-6-28/h5-6,11,15H,2-4H2,1H3,(H,21,31)(H,29,30)(H,33,34)(H,19,20,28)/t11?,15-/m1/s1. The molecule has 2 aliphatic heterocycles. The minimum Gasteiger partial charge on any atom is -0.479 e. The molecule has 4 heterocycles. The van der Waals surface area contributed by atoms with Crippen LogP contribution >= 0.6 is 34.9 Å². The van der Waals surface area contributed by atoms with Gasteiger partial charge in [0.05, 0.1) is 0 Å². The highest BCUT2D eigenvalue weighted by molar-refractivity contribution is 8.01. The number of nitrogens with zero attached hydrogens (tertiary/aromatic N) is 7. The number of anilines is 1. The first kappa shape index (κ1) is 27.0. The molecule has 38 heavy (non-hydrogen) atoms. The summed E-state index contributed by atoms with van der Waals surface area (Å²) in [6, 6.07) is -1.09. The van der Waals surface area contributed by atoms with Gasteiger partial charge in [-0.1, -0.05) is 16.9 Å². The highest BCUT2D eigenvalue weighted by Crippen LogP contribution is 2.41. The van der Waals surface area contributed by atoms with Crippen molar-refractivity contribution >= 4 is 75.9 Å². The quantitative estimate of drug-likeness (QED) is 0.0738. The Morgan fingerprint density at radius 2 is 2.16 bits per heavy atom. The number of hydrogen-bond donors (Lipinski definition) is 4. The van der Waals surface area contributed by atoms with E-state index in [1.54, 1.807) is 7.05 Å². The average molecular weight is 584 g/mol. The molecule has 2 atom stereocenters. The molecule has 0 bridgehead atoms. The van der Waals surface area contributed by atoms with E-state index >= 15 is 0 Å². The van der Waals surface area contributed by atoms with Crippen LogP contribution in [0.4, 0.5) is 5.13 Å². The van der Waals surface area contributed by atoms with Crippen LogP contribution in [0.15, 0.2) is 27.0 Å². The van der Waals surface area contributed by atoms with Crippen LogP contribution in [0.1, 0.15) is 5.69 Å². The van der Waals surface area contributed by atoms with Gasteiger partial charge in [0.25, 0.3) is 11.8 Å². The van der Waals surface area contributed by atoms with E-state index in [2.05, 4.69) is 36.3 Å². The Morgan fingerprint density at radius 3 is 2.82 bits per heavy atom. The molecule has 4 N–H and O–H groups in total. The SMILES string of the molecule is Cn1nnnc1SCC1=C(C(=O)O)N2C(=O)C(NC(=O)C(=NOCC(=O)O)c3csc(NC=O)n3)[C@H]2SC1. The normalized spacial score (nSPS) is 18.9. The summed E-state index contributed by atoms with van der Waals surface area (Å²) in [7, 11) is 1.64. The van der Waals surface area contributed by atoms with E-state index < -0.39 is 47.5 Å². The first-order valence-electron chi connectivity index (χ1n) is 10.3. The molecule has 0 radical (unpaired) electrons. The van der Waals surface area contributed by atoms with Gasteiger partial charge in [-0.15, -0.1) is 28.2 Å². The molecule has 2 aromatic rings. The van der Waals surface area contributed by atoms with Gasteiger partial charge in [0.2, 0.25) is 18.2 Å². The number of carbonyl (C=O) groups is 5. The second kappa shape index (κ2) is 11.6. The molecular weight excluding hydrogens is 566 g/mol. The zero-order valence-corrected chi connectivity index (χ0v) is 21.6. The number of aliphatic carboxylic acids is 2. The van der Waals surface area contributed by atoms with Gasteiger partial charge in [-0.3, -0.25) is 19.3 Å². The van der Waals surface area contributed by atoms with Crippen LogP contribution in [0.25, 0.3) is 0 Å². The molecule has 1 saturated heterocycles. The van der Waals surface area contributed by atoms with E-state index in [1.165, 1.54) is 33.6 Å². The van der Waals surface area contributed by atoms with Gasteiger partial charge in [-0.05, 0) is 16.0 Å². The van der Waals surface area contributed by atoms with Crippen molar-refractivity contribution in [1.29, 1.82) is 0 Å². The zero-order valence-electron chi connectivity index (χ0n) is 19.1. The largest absolute Gasteiger partial charge is 0.479 e. The zero-order chi connectivity index (χ0) is 27.4. The van der Waals surface area contributed by atoms with Crippen molar-refractivity contribution in [2.24, 2.45) is 12.2 Å². The van der Waals surface area contributed by atoms with Crippen LogP contribution in [0, 0.1) is 0 Å². The Labute approximate surface area is 224 Å². The predicted molar refractivity (Wildman–Crippen MR) is 131 cm³/mol. The smallest absolute Gasteiger partial charge is 0.352 e.